The minimum atomic E-state index is -0.869. The van der Waals surface area contributed by atoms with E-state index in [4.69, 9.17) is 9.72 Å². The Bertz CT molecular complexity index is 1100. The number of aromatic nitrogens is 2. The second kappa shape index (κ2) is 8.73. The van der Waals surface area contributed by atoms with E-state index in [1.54, 1.807) is 20.1 Å². The van der Waals surface area contributed by atoms with Gasteiger partial charge in [-0.05, 0) is 26.8 Å². The second-order valence-electron chi connectivity index (χ2n) is 8.81. The number of rotatable bonds is 4. The normalized spacial score (nSPS) is 22.4. The van der Waals surface area contributed by atoms with E-state index in [0.29, 0.717) is 48.0 Å². The summed E-state index contributed by atoms with van der Waals surface area (Å²) in [5.74, 6) is -0.00497. The largest absolute Gasteiger partial charge is 0.379 e. The van der Waals surface area contributed by atoms with Crippen molar-refractivity contribution in [3.05, 3.63) is 47.3 Å². The molecule has 8 heteroatoms. The number of imidazole rings is 1. The lowest BCUT2D eigenvalue weighted by Crippen LogP contribution is -2.43. The van der Waals surface area contributed by atoms with Gasteiger partial charge in [0, 0.05) is 36.0 Å². The van der Waals surface area contributed by atoms with Crippen LogP contribution in [0.3, 0.4) is 0 Å². The van der Waals surface area contributed by atoms with Gasteiger partial charge in [-0.15, -0.1) is 12.4 Å². The highest BCUT2D eigenvalue weighted by molar-refractivity contribution is 6.30. The van der Waals surface area contributed by atoms with Crippen LogP contribution in [0.5, 0.6) is 0 Å². The molecule has 1 atom stereocenters. The molecule has 0 amide bonds. The average Bonchev–Trinajstić information content (AvgIpc) is 3.23. The van der Waals surface area contributed by atoms with Gasteiger partial charge in [-0.2, -0.15) is 0 Å². The number of hydrogen-bond acceptors (Lipinski definition) is 6. The van der Waals surface area contributed by atoms with Gasteiger partial charge in [0.2, 0.25) is 0 Å². The number of nitrogens with one attached hydrogen (secondary N) is 1. The first-order valence-corrected chi connectivity index (χ1v) is 10.8. The molecule has 3 heterocycles. The number of aromatic amines is 1. The third kappa shape index (κ3) is 3.85. The zero-order valence-corrected chi connectivity index (χ0v) is 19.1. The minimum absolute atomic E-state index is 0. The lowest BCUT2D eigenvalue weighted by atomic mass is 9.73. The molecule has 1 aromatic carbocycles. The fourth-order valence-corrected chi connectivity index (χ4v) is 4.54. The van der Waals surface area contributed by atoms with Gasteiger partial charge in [0.15, 0.2) is 11.6 Å². The Balaban J connectivity index is 0.00000245. The second-order valence-corrected chi connectivity index (χ2v) is 8.81. The van der Waals surface area contributed by atoms with E-state index in [1.165, 1.54) is 0 Å². The van der Waals surface area contributed by atoms with Crippen LogP contribution in [0.4, 0.5) is 0 Å². The number of fused-ring (bicyclic) bond motifs is 2. The molecule has 1 aliphatic carbocycles. The lowest BCUT2D eigenvalue weighted by molar-refractivity contribution is -0.119. The summed E-state index contributed by atoms with van der Waals surface area (Å²) in [5, 5.41) is 0. The van der Waals surface area contributed by atoms with Crippen molar-refractivity contribution < 1.29 is 14.3 Å². The van der Waals surface area contributed by atoms with E-state index in [2.05, 4.69) is 14.9 Å². The molecule has 32 heavy (non-hydrogen) atoms. The number of nitrogens with zero attached hydrogens (tertiary/aromatic N) is 3. The SMILES string of the molecule is CC1(C)N=CC2=C(C1=O)C(CCN1CCOCC1)C(=O)c1[nH]c(-c3ccccc3)nc12.Cl. The molecule has 0 saturated carbocycles. The van der Waals surface area contributed by atoms with Crippen LogP contribution in [-0.2, 0) is 9.53 Å². The van der Waals surface area contributed by atoms with Crippen molar-refractivity contribution in [2.45, 2.75) is 25.8 Å². The number of allylic oxidation sites excluding steroid dienone is 1. The molecule has 2 aromatic rings. The highest BCUT2D eigenvalue weighted by Gasteiger charge is 2.45. The number of H-pyrrole nitrogens is 1. The molecule has 0 spiro atoms. The zero-order valence-electron chi connectivity index (χ0n) is 18.3. The number of ether oxygens (including phenoxy) is 1. The van der Waals surface area contributed by atoms with Gasteiger partial charge in [-0.25, -0.2) is 4.98 Å². The quantitative estimate of drug-likeness (QED) is 0.766. The number of benzene rings is 1. The van der Waals surface area contributed by atoms with Gasteiger partial charge in [0.05, 0.1) is 19.1 Å². The fraction of sp³-hybridized carbons (Fsp3) is 0.417. The number of carbonyl (C=O) groups is 2. The molecule has 1 N–H and O–H groups in total. The number of halogens is 1. The molecule has 0 bridgehead atoms. The Kier molecular flexibility index (Phi) is 6.16. The Morgan fingerprint density at radius 3 is 2.59 bits per heavy atom. The van der Waals surface area contributed by atoms with Crippen molar-refractivity contribution in [3.63, 3.8) is 0 Å². The van der Waals surface area contributed by atoms with Crippen LogP contribution in [0.25, 0.3) is 17.0 Å². The monoisotopic (exact) mass is 454 g/mol. The van der Waals surface area contributed by atoms with Crippen molar-refractivity contribution in [2.24, 2.45) is 10.9 Å². The number of ketones is 2. The summed E-state index contributed by atoms with van der Waals surface area (Å²) in [6.07, 6.45) is 2.33. The van der Waals surface area contributed by atoms with Crippen LogP contribution in [0.1, 0.15) is 36.5 Å². The maximum Gasteiger partial charge on any atom is 0.188 e. The molecule has 1 aromatic heterocycles. The van der Waals surface area contributed by atoms with Crippen molar-refractivity contribution in [3.8, 4) is 11.4 Å². The van der Waals surface area contributed by atoms with Crippen LogP contribution in [0.15, 0.2) is 40.9 Å². The number of hydrogen-bond donors (Lipinski definition) is 1. The molecule has 2 aliphatic heterocycles. The molecular formula is C24H27ClN4O3. The molecule has 7 nitrogen and oxygen atoms in total. The lowest BCUT2D eigenvalue weighted by Gasteiger charge is -2.34. The van der Waals surface area contributed by atoms with Crippen LogP contribution in [0, 0.1) is 5.92 Å². The van der Waals surface area contributed by atoms with Crippen LogP contribution in [-0.4, -0.2) is 71.0 Å². The molecule has 168 valence electrons. The number of Topliss-reactive ketones (excluding diaryl/α,β-unsaturated/α-hetero) is 2. The summed E-state index contributed by atoms with van der Waals surface area (Å²) in [6.45, 7) is 7.45. The van der Waals surface area contributed by atoms with Crippen LogP contribution >= 0.6 is 12.4 Å². The van der Waals surface area contributed by atoms with Gasteiger partial charge in [-0.1, -0.05) is 30.3 Å². The van der Waals surface area contributed by atoms with E-state index in [-0.39, 0.29) is 24.0 Å². The predicted octanol–water partition coefficient (Wildman–Crippen LogP) is 3.22. The van der Waals surface area contributed by atoms with E-state index >= 15 is 0 Å². The maximum absolute atomic E-state index is 13.6. The topological polar surface area (TPSA) is 87.7 Å². The van der Waals surface area contributed by atoms with Crippen molar-refractivity contribution in [1.29, 1.82) is 0 Å². The first kappa shape index (κ1) is 22.6. The van der Waals surface area contributed by atoms with Crippen molar-refractivity contribution >= 4 is 35.8 Å². The smallest absolute Gasteiger partial charge is 0.188 e. The Hall–Kier alpha value is -2.61. The molecule has 1 fully saturated rings. The highest BCUT2D eigenvalue weighted by Crippen LogP contribution is 2.41. The van der Waals surface area contributed by atoms with Crippen molar-refractivity contribution in [1.82, 2.24) is 14.9 Å². The number of aliphatic imine (C=N–C) groups is 1. The minimum Gasteiger partial charge on any atom is -0.379 e. The average molecular weight is 455 g/mol. The Morgan fingerprint density at radius 1 is 1.16 bits per heavy atom. The van der Waals surface area contributed by atoms with Gasteiger partial charge >= 0.3 is 0 Å². The summed E-state index contributed by atoms with van der Waals surface area (Å²) in [7, 11) is 0. The molecule has 3 aliphatic rings. The van der Waals surface area contributed by atoms with Crippen molar-refractivity contribution in [2.75, 3.05) is 32.8 Å². The zero-order chi connectivity index (χ0) is 21.6. The summed E-state index contributed by atoms with van der Waals surface area (Å²) in [4.78, 5) is 41.7. The van der Waals surface area contributed by atoms with E-state index in [0.717, 1.165) is 25.2 Å². The summed E-state index contributed by atoms with van der Waals surface area (Å²) < 4.78 is 5.43. The highest BCUT2D eigenvalue weighted by atomic mass is 35.5. The third-order valence-corrected chi connectivity index (χ3v) is 6.36. The van der Waals surface area contributed by atoms with Gasteiger partial charge in [0.25, 0.3) is 0 Å². The number of morpholine rings is 1. The standard InChI is InChI=1S/C24H26N4O3.ClH/c1-24(2)22(30)18-16(8-9-28-10-12-31-13-11-28)21(29)20-19(17(18)14-25-24)26-23(27-20)15-6-4-3-5-7-15;/h3-7,14,16H,8-13H2,1-2H3,(H,26,27);1H. The Morgan fingerprint density at radius 2 is 1.88 bits per heavy atom. The first-order valence-electron chi connectivity index (χ1n) is 10.8. The van der Waals surface area contributed by atoms with Gasteiger partial charge in [-0.3, -0.25) is 19.5 Å². The molecule has 0 radical (unpaired) electrons. The first-order chi connectivity index (χ1) is 15.0. The maximum atomic E-state index is 13.6. The molecule has 1 saturated heterocycles. The Labute approximate surface area is 193 Å². The number of dihydropyridines is 1. The molecular weight excluding hydrogens is 428 g/mol. The summed E-state index contributed by atoms with van der Waals surface area (Å²) >= 11 is 0. The molecule has 1 unspecified atom stereocenters. The predicted molar refractivity (Wildman–Crippen MR) is 125 cm³/mol. The third-order valence-electron chi connectivity index (χ3n) is 6.36. The van der Waals surface area contributed by atoms with Crippen LogP contribution < -0.4 is 0 Å². The van der Waals surface area contributed by atoms with E-state index in [1.807, 2.05) is 30.3 Å². The van der Waals surface area contributed by atoms with E-state index < -0.39 is 11.5 Å². The summed E-state index contributed by atoms with van der Waals surface area (Å²) in [5.41, 5.74) is 2.29. The van der Waals surface area contributed by atoms with Crippen LogP contribution in [0.2, 0.25) is 0 Å². The van der Waals surface area contributed by atoms with Gasteiger partial charge < -0.3 is 9.72 Å². The van der Waals surface area contributed by atoms with E-state index in [9.17, 15) is 9.59 Å². The van der Waals surface area contributed by atoms with Gasteiger partial charge in [0.1, 0.15) is 22.8 Å². The fourth-order valence-electron chi connectivity index (χ4n) is 4.54. The summed E-state index contributed by atoms with van der Waals surface area (Å²) in [6, 6.07) is 9.70. The number of carbonyl (C=O) groups excluding carboxylic acids is 2. The molecule has 5 rings (SSSR count).